The zero-order chi connectivity index (χ0) is 13.8. The lowest BCUT2D eigenvalue weighted by Gasteiger charge is -2.12. The van der Waals surface area contributed by atoms with Gasteiger partial charge in [0.15, 0.2) is 5.65 Å². The van der Waals surface area contributed by atoms with Crippen molar-refractivity contribution in [3.63, 3.8) is 0 Å². The third kappa shape index (κ3) is 3.93. The maximum absolute atomic E-state index is 4.49. The van der Waals surface area contributed by atoms with Gasteiger partial charge in [-0.2, -0.15) is 4.98 Å². The highest BCUT2D eigenvalue weighted by molar-refractivity contribution is 9.10. The van der Waals surface area contributed by atoms with Gasteiger partial charge in [-0.3, -0.25) is 0 Å². The van der Waals surface area contributed by atoms with Crippen LogP contribution in [0.4, 0.5) is 5.95 Å². The normalized spacial score (nSPS) is 13.1. The van der Waals surface area contributed by atoms with Gasteiger partial charge in [0.05, 0.1) is 4.47 Å². The lowest BCUT2D eigenvalue weighted by Crippen LogP contribution is -2.16. The zero-order valence-electron chi connectivity index (χ0n) is 11.7. The van der Waals surface area contributed by atoms with E-state index in [4.69, 9.17) is 0 Å². The van der Waals surface area contributed by atoms with Gasteiger partial charge < -0.3 is 5.32 Å². The quantitative estimate of drug-likeness (QED) is 0.869. The molecule has 1 unspecified atom stereocenters. The Hall–Kier alpha value is -1.10. The molecule has 0 fully saturated rings. The molecule has 19 heavy (non-hydrogen) atoms. The molecule has 1 atom stereocenters. The van der Waals surface area contributed by atoms with E-state index in [1.807, 2.05) is 18.3 Å². The van der Waals surface area contributed by atoms with Gasteiger partial charge in [-0.15, -0.1) is 5.10 Å². The molecule has 0 aliphatic heterocycles. The molecule has 2 rings (SSSR count). The Labute approximate surface area is 122 Å². The molecular formula is C14H21BrN4. The first-order valence-corrected chi connectivity index (χ1v) is 7.63. The fourth-order valence-corrected chi connectivity index (χ4v) is 2.48. The van der Waals surface area contributed by atoms with Crippen LogP contribution in [0.5, 0.6) is 0 Å². The first kappa shape index (κ1) is 14.3. The average molecular weight is 325 g/mol. The van der Waals surface area contributed by atoms with Crippen molar-refractivity contribution in [3.05, 3.63) is 22.8 Å². The third-order valence-electron chi connectivity index (χ3n) is 3.11. The van der Waals surface area contributed by atoms with Gasteiger partial charge in [-0.1, -0.05) is 26.7 Å². The molecule has 2 heterocycles. The second-order valence-electron chi connectivity index (χ2n) is 5.43. The van der Waals surface area contributed by atoms with Crippen molar-refractivity contribution in [1.82, 2.24) is 14.6 Å². The average Bonchev–Trinajstić information content (AvgIpc) is 2.72. The van der Waals surface area contributed by atoms with Gasteiger partial charge in [-0.25, -0.2) is 4.52 Å². The number of pyridine rings is 1. The lowest BCUT2D eigenvalue weighted by molar-refractivity contribution is 0.519. The maximum Gasteiger partial charge on any atom is 0.243 e. The van der Waals surface area contributed by atoms with Gasteiger partial charge >= 0.3 is 0 Å². The van der Waals surface area contributed by atoms with Crippen LogP contribution in [-0.4, -0.2) is 20.6 Å². The molecular weight excluding hydrogens is 304 g/mol. The van der Waals surface area contributed by atoms with E-state index in [1.54, 1.807) is 4.52 Å². The van der Waals surface area contributed by atoms with Crippen molar-refractivity contribution in [3.8, 4) is 0 Å². The second-order valence-corrected chi connectivity index (χ2v) is 6.28. The van der Waals surface area contributed by atoms with Crippen LogP contribution in [0.3, 0.4) is 0 Å². The van der Waals surface area contributed by atoms with Gasteiger partial charge in [0.1, 0.15) is 0 Å². The highest BCUT2D eigenvalue weighted by Gasteiger charge is 2.09. The Kier molecular flexibility index (Phi) is 4.80. The molecule has 2 aromatic rings. The molecule has 2 aromatic heterocycles. The highest BCUT2D eigenvalue weighted by Crippen LogP contribution is 2.17. The molecule has 0 aromatic carbocycles. The molecule has 0 amide bonds. The van der Waals surface area contributed by atoms with E-state index in [-0.39, 0.29) is 0 Å². The second kappa shape index (κ2) is 6.37. The fraction of sp³-hybridized carbons (Fsp3) is 0.571. The van der Waals surface area contributed by atoms with Crippen molar-refractivity contribution in [1.29, 1.82) is 0 Å². The number of aromatic nitrogens is 3. The lowest BCUT2D eigenvalue weighted by atomic mass is 10.0. The van der Waals surface area contributed by atoms with Crippen LogP contribution in [0, 0.1) is 5.92 Å². The van der Waals surface area contributed by atoms with Crippen LogP contribution in [0.25, 0.3) is 5.65 Å². The molecule has 104 valence electrons. The Morgan fingerprint density at radius 2 is 2.11 bits per heavy atom. The van der Waals surface area contributed by atoms with Crippen molar-refractivity contribution >= 4 is 27.5 Å². The summed E-state index contributed by atoms with van der Waals surface area (Å²) in [6.07, 6.45) is 5.57. The Morgan fingerprint density at radius 1 is 1.32 bits per heavy atom. The van der Waals surface area contributed by atoms with Crippen molar-refractivity contribution in [2.75, 3.05) is 5.32 Å². The molecule has 0 aliphatic carbocycles. The summed E-state index contributed by atoms with van der Waals surface area (Å²) in [5, 5.41) is 7.79. The molecule has 5 heteroatoms. The number of nitrogens with zero attached hydrogens (tertiary/aromatic N) is 3. The largest absolute Gasteiger partial charge is 0.350 e. The van der Waals surface area contributed by atoms with E-state index in [0.29, 0.717) is 12.0 Å². The smallest absolute Gasteiger partial charge is 0.243 e. The predicted molar refractivity (Wildman–Crippen MR) is 82.5 cm³/mol. The zero-order valence-corrected chi connectivity index (χ0v) is 13.3. The first-order valence-electron chi connectivity index (χ1n) is 6.83. The monoisotopic (exact) mass is 324 g/mol. The minimum Gasteiger partial charge on any atom is -0.350 e. The van der Waals surface area contributed by atoms with Crippen LogP contribution < -0.4 is 5.32 Å². The molecule has 0 radical (unpaired) electrons. The number of rotatable bonds is 6. The van der Waals surface area contributed by atoms with E-state index in [2.05, 4.69) is 52.1 Å². The summed E-state index contributed by atoms with van der Waals surface area (Å²) in [5.41, 5.74) is 0.847. The minimum absolute atomic E-state index is 0.398. The standard InChI is InChI=1S/C14H21BrN4/c1-10(2)6-4-7-11(3)16-14-17-13-12(15)8-5-9-19(13)18-14/h5,8-11H,4,6-7H2,1-3H3,(H,16,18). The summed E-state index contributed by atoms with van der Waals surface area (Å²) in [6.45, 7) is 6.71. The van der Waals surface area contributed by atoms with Crippen LogP contribution in [-0.2, 0) is 0 Å². The van der Waals surface area contributed by atoms with Crippen LogP contribution in [0.1, 0.15) is 40.0 Å². The molecule has 4 nitrogen and oxygen atoms in total. The van der Waals surface area contributed by atoms with Crippen molar-refractivity contribution in [2.45, 2.75) is 46.1 Å². The Morgan fingerprint density at radius 3 is 2.79 bits per heavy atom. The summed E-state index contributed by atoms with van der Waals surface area (Å²) in [5.74, 6) is 1.47. The van der Waals surface area contributed by atoms with E-state index in [0.717, 1.165) is 22.5 Å². The Bertz CT molecular complexity index is 535. The topological polar surface area (TPSA) is 42.2 Å². The summed E-state index contributed by atoms with van der Waals surface area (Å²) in [7, 11) is 0. The number of nitrogens with one attached hydrogen (secondary N) is 1. The maximum atomic E-state index is 4.49. The summed E-state index contributed by atoms with van der Waals surface area (Å²) in [6, 6.07) is 4.32. The van der Waals surface area contributed by atoms with Crippen LogP contribution in [0.15, 0.2) is 22.8 Å². The third-order valence-corrected chi connectivity index (χ3v) is 3.73. The summed E-state index contributed by atoms with van der Waals surface area (Å²) in [4.78, 5) is 4.49. The predicted octanol–water partition coefficient (Wildman–Crippen LogP) is 4.12. The van der Waals surface area contributed by atoms with Crippen molar-refractivity contribution in [2.24, 2.45) is 5.92 Å². The highest BCUT2D eigenvalue weighted by atomic mass is 79.9. The van der Waals surface area contributed by atoms with Crippen molar-refractivity contribution < 1.29 is 0 Å². The van der Waals surface area contributed by atoms with Crippen LogP contribution in [0.2, 0.25) is 0 Å². The molecule has 1 N–H and O–H groups in total. The number of hydrogen-bond acceptors (Lipinski definition) is 3. The van der Waals surface area contributed by atoms with Gasteiger partial charge in [0.25, 0.3) is 0 Å². The molecule has 0 saturated heterocycles. The molecule has 0 saturated carbocycles. The molecule has 0 aliphatic rings. The number of anilines is 1. The minimum atomic E-state index is 0.398. The van der Waals surface area contributed by atoms with E-state index in [1.165, 1.54) is 12.8 Å². The SMILES string of the molecule is CC(C)CCCC(C)Nc1nc2c(Br)cccn2n1. The van der Waals surface area contributed by atoms with E-state index < -0.39 is 0 Å². The number of halogens is 1. The number of fused-ring (bicyclic) bond motifs is 1. The van der Waals surface area contributed by atoms with Crippen LogP contribution >= 0.6 is 15.9 Å². The first-order chi connectivity index (χ1) is 9.06. The summed E-state index contributed by atoms with van der Waals surface area (Å²) >= 11 is 3.48. The van der Waals surface area contributed by atoms with Gasteiger partial charge in [0, 0.05) is 12.2 Å². The molecule has 0 spiro atoms. The number of hydrogen-bond donors (Lipinski definition) is 1. The Balaban J connectivity index is 1.95. The fourth-order valence-electron chi connectivity index (χ4n) is 2.06. The van der Waals surface area contributed by atoms with E-state index in [9.17, 15) is 0 Å². The summed E-state index contributed by atoms with van der Waals surface area (Å²) < 4.78 is 2.75. The van der Waals surface area contributed by atoms with Gasteiger partial charge in [-0.05, 0) is 47.3 Å². The van der Waals surface area contributed by atoms with E-state index >= 15 is 0 Å². The molecule has 0 bridgehead atoms. The van der Waals surface area contributed by atoms with Gasteiger partial charge in [0.2, 0.25) is 5.95 Å².